The Bertz CT molecular complexity index is 427. The molecule has 0 fully saturated rings. The maximum absolute atomic E-state index is 4.50. The van der Waals surface area contributed by atoms with E-state index < -0.39 is 0 Å². The maximum atomic E-state index is 4.50. The van der Waals surface area contributed by atoms with E-state index in [1.54, 1.807) is 11.3 Å². The van der Waals surface area contributed by atoms with E-state index in [0.717, 1.165) is 17.2 Å². The fourth-order valence-corrected chi connectivity index (χ4v) is 2.34. The smallest absolute Gasteiger partial charge is 0.194 e. The zero-order valence-electron chi connectivity index (χ0n) is 8.09. The van der Waals surface area contributed by atoms with Crippen molar-refractivity contribution < 1.29 is 0 Å². The molecule has 2 rings (SSSR count). The third-order valence-corrected chi connectivity index (χ3v) is 3.27. The fraction of sp³-hybridized carbons (Fsp3) is 0.444. The van der Waals surface area contributed by atoms with Crippen LogP contribution in [0.2, 0.25) is 0 Å². The third-order valence-electron chi connectivity index (χ3n) is 2.20. The molecule has 70 valence electrons. The molecule has 0 amide bonds. The largest absolute Gasteiger partial charge is 0.314 e. The van der Waals surface area contributed by atoms with E-state index in [0.29, 0.717) is 0 Å². The van der Waals surface area contributed by atoms with Crippen molar-refractivity contribution in [3.8, 4) is 0 Å². The van der Waals surface area contributed by atoms with E-state index in [2.05, 4.69) is 34.7 Å². The minimum Gasteiger partial charge on any atom is -0.314 e. The lowest BCUT2D eigenvalue weighted by atomic mass is 10.4. The quantitative estimate of drug-likeness (QED) is 0.790. The van der Waals surface area contributed by atoms with E-state index in [9.17, 15) is 0 Å². The molecule has 0 spiro atoms. The van der Waals surface area contributed by atoms with Gasteiger partial charge in [0.05, 0.1) is 5.69 Å². The van der Waals surface area contributed by atoms with Gasteiger partial charge in [0.15, 0.2) is 4.96 Å². The lowest BCUT2D eigenvalue weighted by Crippen LogP contribution is -2.04. The first-order valence-corrected chi connectivity index (χ1v) is 5.12. The van der Waals surface area contributed by atoms with Crippen molar-refractivity contribution in [2.75, 3.05) is 7.05 Å². The van der Waals surface area contributed by atoms with Crippen LogP contribution < -0.4 is 5.32 Å². The van der Waals surface area contributed by atoms with E-state index in [1.165, 1.54) is 10.6 Å². The average Bonchev–Trinajstić information content (AvgIpc) is 2.56. The SMILES string of the molecule is CNCc1cn2c(C)c(C)sc2n1. The van der Waals surface area contributed by atoms with Crippen LogP contribution in [0, 0.1) is 13.8 Å². The van der Waals surface area contributed by atoms with Gasteiger partial charge in [-0.1, -0.05) is 0 Å². The molecule has 13 heavy (non-hydrogen) atoms. The number of nitrogens with one attached hydrogen (secondary N) is 1. The van der Waals surface area contributed by atoms with Gasteiger partial charge < -0.3 is 5.32 Å². The van der Waals surface area contributed by atoms with E-state index in [1.807, 2.05) is 7.05 Å². The van der Waals surface area contributed by atoms with Gasteiger partial charge in [-0.15, -0.1) is 11.3 Å². The Kier molecular flexibility index (Phi) is 2.09. The zero-order valence-corrected chi connectivity index (χ0v) is 8.90. The molecule has 4 heteroatoms. The molecule has 2 aromatic heterocycles. The van der Waals surface area contributed by atoms with Crippen molar-refractivity contribution in [3.63, 3.8) is 0 Å². The molecule has 2 heterocycles. The Morgan fingerprint density at radius 3 is 2.92 bits per heavy atom. The second-order valence-electron chi connectivity index (χ2n) is 3.16. The highest BCUT2D eigenvalue weighted by Crippen LogP contribution is 2.21. The van der Waals surface area contributed by atoms with Crippen LogP contribution in [0.25, 0.3) is 4.96 Å². The van der Waals surface area contributed by atoms with Crippen molar-refractivity contribution in [1.82, 2.24) is 14.7 Å². The first kappa shape index (κ1) is 8.72. The van der Waals surface area contributed by atoms with Crippen molar-refractivity contribution in [2.45, 2.75) is 20.4 Å². The molecular weight excluding hydrogens is 182 g/mol. The molecule has 0 radical (unpaired) electrons. The number of thiazole rings is 1. The van der Waals surface area contributed by atoms with Crippen molar-refractivity contribution >= 4 is 16.3 Å². The molecular formula is C9H13N3S. The molecule has 1 N–H and O–H groups in total. The van der Waals surface area contributed by atoms with Gasteiger partial charge in [-0.3, -0.25) is 4.40 Å². The molecule has 0 aliphatic carbocycles. The zero-order chi connectivity index (χ0) is 9.42. The maximum Gasteiger partial charge on any atom is 0.194 e. The van der Waals surface area contributed by atoms with Crippen LogP contribution >= 0.6 is 11.3 Å². The summed E-state index contributed by atoms with van der Waals surface area (Å²) in [6.07, 6.45) is 2.10. The van der Waals surface area contributed by atoms with Crippen LogP contribution in [0.15, 0.2) is 6.20 Å². The van der Waals surface area contributed by atoms with Crippen molar-refractivity contribution in [3.05, 3.63) is 22.5 Å². The highest BCUT2D eigenvalue weighted by atomic mass is 32.1. The van der Waals surface area contributed by atoms with E-state index in [4.69, 9.17) is 0 Å². The summed E-state index contributed by atoms with van der Waals surface area (Å²) in [7, 11) is 1.94. The lowest BCUT2D eigenvalue weighted by Gasteiger charge is -1.91. The van der Waals surface area contributed by atoms with Crippen molar-refractivity contribution in [2.24, 2.45) is 0 Å². The van der Waals surface area contributed by atoms with Gasteiger partial charge in [0, 0.05) is 23.3 Å². The molecule has 0 aliphatic rings. The Morgan fingerprint density at radius 2 is 2.31 bits per heavy atom. The van der Waals surface area contributed by atoms with Crippen LogP contribution in [0.5, 0.6) is 0 Å². The summed E-state index contributed by atoms with van der Waals surface area (Å²) in [5.74, 6) is 0. The van der Waals surface area contributed by atoms with Crippen LogP contribution in [-0.2, 0) is 6.54 Å². The lowest BCUT2D eigenvalue weighted by molar-refractivity contribution is 0.798. The number of hydrogen-bond acceptors (Lipinski definition) is 3. The summed E-state index contributed by atoms with van der Waals surface area (Å²) in [6.45, 7) is 5.10. The van der Waals surface area contributed by atoms with Gasteiger partial charge in [0.2, 0.25) is 0 Å². The molecule has 0 saturated heterocycles. The number of aromatic nitrogens is 2. The Morgan fingerprint density at radius 1 is 1.54 bits per heavy atom. The summed E-state index contributed by atoms with van der Waals surface area (Å²) in [5.41, 5.74) is 2.41. The van der Waals surface area contributed by atoms with Crippen LogP contribution in [0.3, 0.4) is 0 Å². The predicted molar refractivity (Wildman–Crippen MR) is 55.3 cm³/mol. The summed E-state index contributed by atoms with van der Waals surface area (Å²) in [6, 6.07) is 0. The van der Waals surface area contributed by atoms with Crippen LogP contribution in [0.1, 0.15) is 16.3 Å². The number of rotatable bonds is 2. The molecule has 0 aliphatic heterocycles. The van der Waals surface area contributed by atoms with Gasteiger partial charge >= 0.3 is 0 Å². The highest BCUT2D eigenvalue weighted by Gasteiger charge is 2.07. The van der Waals surface area contributed by atoms with Gasteiger partial charge in [-0.05, 0) is 20.9 Å². The highest BCUT2D eigenvalue weighted by molar-refractivity contribution is 7.17. The Balaban J connectivity index is 2.52. The van der Waals surface area contributed by atoms with Gasteiger partial charge in [-0.2, -0.15) is 0 Å². The Labute approximate surface area is 81.4 Å². The second-order valence-corrected chi connectivity index (χ2v) is 4.34. The second kappa shape index (κ2) is 3.12. The molecule has 0 saturated carbocycles. The number of hydrogen-bond donors (Lipinski definition) is 1. The van der Waals surface area contributed by atoms with Crippen LogP contribution in [-0.4, -0.2) is 16.4 Å². The van der Waals surface area contributed by atoms with E-state index in [-0.39, 0.29) is 0 Å². The summed E-state index contributed by atoms with van der Waals surface area (Å²) in [5, 5.41) is 3.10. The number of aryl methyl sites for hydroxylation is 2. The molecule has 2 aromatic rings. The van der Waals surface area contributed by atoms with Crippen LogP contribution in [0.4, 0.5) is 0 Å². The average molecular weight is 195 g/mol. The standard InChI is InChI=1S/C9H13N3S/c1-6-7(2)13-9-11-8(4-10-3)5-12(6)9/h5,10H,4H2,1-3H3. The van der Waals surface area contributed by atoms with Gasteiger partial charge in [0.25, 0.3) is 0 Å². The topological polar surface area (TPSA) is 29.3 Å². The minimum atomic E-state index is 0.840. The first-order valence-electron chi connectivity index (χ1n) is 4.31. The van der Waals surface area contributed by atoms with Gasteiger partial charge in [0.1, 0.15) is 0 Å². The molecule has 0 atom stereocenters. The molecule has 0 aromatic carbocycles. The van der Waals surface area contributed by atoms with Gasteiger partial charge in [-0.25, -0.2) is 4.98 Å². The predicted octanol–water partition coefficient (Wildman–Crippen LogP) is 1.73. The normalized spacial score (nSPS) is 11.3. The fourth-order valence-electron chi connectivity index (χ4n) is 1.37. The molecule has 3 nitrogen and oxygen atoms in total. The third kappa shape index (κ3) is 1.36. The number of nitrogens with zero attached hydrogens (tertiary/aromatic N) is 2. The number of imidazole rings is 1. The van der Waals surface area contributed by atoms with Crippen molar-refractivity contribution in [1.29, 1.82) is 0 Å². The molecule has 0 unspecified atom stereocenters. The van der Waals surface area contributed by atoms with E-state index >= 15 is 0 Å². The monoisotopic (exact) mass is 195 g/mol. The molecule has 0 bridgehead atoms. The minimum absolute atomic E-state index is 0.840. The summed E-state index contributed by atoms with van der Waals surface area (Å²) in [4.78, 5) is 6.95. The first-order chi connectivity index (χ1) is 6.22. The number of fused-ring (bicyclic) bond motifs is 1. The summed E-state index contributed by atoms with van der Waals surface area (Å²) < 4.78 is 2.16. The summed E-state index contributed by atoms with van der Waals surface area (Å²) >= 11 is 1.75. The Hall–Kier alpha value is -0.870.